The molecule has 0 bridgehead atoms. The van der Waals surface area contributed by atoms with Crippen LogP contribution in [0.2, 0.25) is 0 Å². The third kappa shape index (κ3) is 2.68. The fraction of sp³-hybridized carbons (Fsp3) is 0.0526. The van der Waals surface area contributed by atoms with Crippen molar-refractivity contribution < 1.29 is 8.94 Å². The second-order valence-corrected chi connectivity index (χ2v) is 5.43. The van der Waals surface area contributed by atoms with Crippen LogP contribution >= 0.6 is 0 Å². The first-order chi connectivity index (χ1) is 12.3. The Bertz CT molecular complexity index is 1060. The molecule has 2 aromatic heterocycles. The van der Waals surface area contributed by atoms with Crippen molar-refractivity contribution in [2.45, 2.75) is 6.92 Å². The summed E-state index contributed by atoms with van der Waals surface area (Å²) in [5.41, 5.74) is 3.57. The largest absolute Gasteiger partial charge is 0.416 e. The van der Waals surface area contributed by atoms with Gasteiger partial charge in [-0.3, -0.25) is 0 Å². The normalized spacial score (nSPS) is 10.6. The first-order valence-corrected chi connectivity index (χ1v) is 7.62. The summed E-state index contributed by atoms with van der Waals surface area (Å²) in [5, 5.41) is 21.3. The maximum atomic E-state index is 8.88. The third-order valence-electron chi connectivity index (χ3n) is 3.81. The maximum absolute atomic E-state index is 8.88. The summed E-state index contributed by atoms with van der Waals surface area (Å²) in [4.78, 5) is 0. The van der Waals surface area contributed by atoms with E-state index in [0.717, 1.165) is 11.1 Å². The lowest BCUT2D eigenvalue weighted by atomic mass is 10.1. The molecule has 0 fully saturated rings. The minimum atomic E-state index is 0.344. The molecule has 0 saturated carbocycles. The van der Waals surface area contributed by atoms with Crippen molar-refractivity contribution in [3.05, 3.63) is 65.9 Å². The number of nitrogens with zero attached hydrogens (tertiary/aromatic N) is 4. The Balaban J connectivity index is 1.76. The minimum absolute atomic E-state index is 0.344. The second-order valence-electron chi connectivity index (χ2n) is 5.43. The smallest absolute Gasteiger partial charge is 0.254 e. The summed E-state index contributed by atoms with van der Waals surface area (Å²) in [6, 6.07) is 18.7. The maximum Gasteiger partial charge on any atom is 0.254 e. The van der Waals surface area contributed by atoms with E-state index in [1.165, 1.54) is 0 Å². The molecule has 0 saturated heterocycles. The number of nitriles is 1. The van der Waals surface area contributed by atoms with Crippen LogP contribution < -0.4 is 0 Å². The van der Waals surface area contributed by atoms with Crippen molar-refractivity contribution in [2.24, 2.45) is 0 Å². The minimum Gasteiger partial charge on any atom is -0.416 e. The Morgan fingerprint density at radius 3 is 2.32 bits per heavy atom. The summed E-state index contributed by atoms with van der Waals surface area (Å²) in [6.07, 6.45) is 0. The van der Waals surface area contributed by atoms with Crippen LogP contribution in [0, 0.1) is 18.3 Å². The Morgan fingerprint density at radius 2 is 1.60 bits per heavy atom. The van der Waals surface area contributed by atoms with Gasteiger partial charge in [-0.2, -0.15) is 5.26 Å². The molecule has 2 heterocycles. The molecule has 4 aromatic rings. The van der Waals surface area contributed by atoms with Gasteiger partial charge in [0.25, 0.3) is 5.89 Å². The van der Waals surface area contributed by atoms with Crippen LogP contribution in [0.3, 0.4) is 0 Å². The predicted octanol–water partition coefficient (Wildman–Crippen LogP) is 4.24. The van der Waals surface area contributed by atoms with Crippen LogP contribution in [-0.2, 0) is 0 Å². The highest BCUT2D eigenvalue weighted by Crippen LogP contribution is 2.34. The first kappa shape index (κ1) is 14.8. The zero-order valence-corrected chi connectivity index (χ0v) is 13.3. The molecule has 0 radical (unpaired) electrons. The average molecular weight is 328 g/mol. The molecule has 0 atom stereocenters. The predicted molar refractivity (Wildman–Crippen MR) is 90.1 cm³/mol. The van der Waals surface area contributed by atoms with E-state index in [0.29, 0.717) is 34.4 Å². The molecule has 0 aliphatic rings. The van der Waals surface area contributed by atoms with Gasteiger partial charge in [0.15, 0.2) is 0 Å². The SMILES string of the molecule is Cc1onc(-c2ccccc2)c1-c1nnc(-c2ccc(C#N)cc2)o1. The van der Waals surface area contributed by atoms with Crippen molar-refractivity contribution in [1.29, 1.82) is 5.26 Å². The van der Waals surface area contributed by atoms with Gasteiger partial charge in [0.05, 0.1) is 11.6 Å². The zero-order chi connectivity index (χ0) is 17.2. The van der Waals surface area contributed by atoms with Crippen LogP contribution in [0.25, 0.3) is 34.2 Å². The van der Waals surface area contributed by atoms with E-state index in [4.69, 9.17) is 14.2 Å². The van der Waals surface area contributed by atoms with Gasteiger partial charge < -0.3 is 8.94 Å². The highest BCUT2D eigenvalue weighted by atomic mass is 16.5. The van der Waals surface area contributed by atoms with Crippen LogP contribution in [-0.4, -0.2) is 15.4 Å². The lowest BCUT2D eigenvalue weighted by Crippen LogP contribution is -1.84. The summed E-state index contributed by atoms with van der Waals surface area (Å²) in [6.45, 7) is 1.81. The monoisotopic (exact) mass is 328 g/mol. The Hall–Kier alpha value is -3.72. The molecule has 25 heavy (non-hydrogen) atoms. The molecular formula is C19H12N4O2. The van der Waals surface area contributed by atoms with Crippen molar-refractivity contribution in [1.82, 2.24) is 15.4 Å². The van der Waals surface area contributed by atoms with E-state index in [2.05, 4.69) is 21.4 Å². The second kappa shape index (κ2) is 6.06. The van der Waals surface area contributed by atoms with E-state index in [9.17, 15) is 0 Å². The molecule has 0 aliphatic heterocycles. The van der Waals surface area contributed by atoms with Crippen LogP contribution in [0.1, 0.15) is 11.3 Å². The fourth-order valence-electron chi connectivity index (χ4n) is 2.55. The van der Waals surface area contributed by atoms with Gasteiger partial charge >= 0.3 is 0 Å². The molecule has 6 heteroatoms. The van der Waals surface area contributed by atoms with Gasteiger partial charge in [0.1, 0.15) is 17.0 Å². The van der Waals surface area contributed by atoms with Gasteiger partial charge in [-0.1, -0.05) is 35.5 Å². The van der Waals surface area contributed by atoms with Gasteiger partial charge in [-0.25, -0.2) is 0 Å². The number of benzene rings is 2. The van der Waals surface area contributed by atoms with E-state index < -0.39 is 0 Å². The van der Waals surface area contributed by atoms with E-state index in [1.807, 2.05) is 30.3 Å². The molecule has 0 aliphatic carbocycles. The number of rotatable bonds is 3. The Labute approximate surface area is 143 Å². The Kier molecular flexibility index (Phi) is 3.60. The quantitative estimate of drug-likeness (QED) is 0.559. The molecule has 0 spiro atoms. The van der Waals surface area contributed by atoms with Crippen LogP contribution in [0.5, 0.6) is 0 Å². The average Bonchev–Trinajstić information content (AvgIpc) is 3.29. The lowest BCUT2D eigenvalue weighted by molar-refractivity contribution is 0.399. The number of hydrogen-bond acceptors (Lipinski definition) is 6. The molecular weight excluding hydrogens is 316 g/mol. The number of aryl methyl sites for hydroxylation is 1. The van der Waals surface area contributed by atoms with Crippen molar-refractivity contribution in [3.8, 4) is 40.2 Å². The summed E-state index contributed by atoms with van der Waals surface area (Å²) in [5.74, 6) is 1.32. The molecule has 4 rings (SSSR count). The molecule has 0 unspecified atom stereocenters. The Morgan fingerprint density at radius 1 is 0.880 bits per heavy atom. The topological polar surface area (TPSA) is 88.7 Å². The van der Waals surface area contributed by atoms with Gasteiger partial charge in [0, 0.05) is 11.1 Å². The highest BCUT2D eigenvalue weighted by molar-refractivity contribution is 5.78. The van der Waals surface area contributed by atoms with Crippen molar-refractivity contribution >= 4 is 0 Å². The fourth-order valence-corrected chi connectivity index (χ4v) is 2.55. The van der Waals surface area contributed by atoms with Crippen LogP contribution in [0.15, 0.2) is 63.5 Å². The van der Waals surface area contributed by atoms with Gasteiger partial charge in [0.2, 0.25) is 5.89 Å². The summed E-state index contributed by atoms with van der Waals surface area (Å²) < 4.78 is 11.2. The number of aromatic nitrogens is 3. The van der Waals surface area contributed by atoms with E-state index in [-0.39, 0.29) is 0 Å². The summed E-state index contributed by atoms with van der Waals surface area (Å²) in [7, 11) is 0. The molecule has 0 amide bonds. The lowest BCUT2D eigenvalue weighted by Gasteiger charge is -1.98. The first-order valence-electron chi connectivity index (χ1n) is 7.62. The molecule has 120 valence electrons. The summed E-state index contributed by atoms with van der Waals surface area (Å²) >= 11 is 0. The van der Waals surface area contributed by atoms with Gasteiger partial charge in [-0.05, 0) is 31.2 Å². The zero-order valence-electron chi connectivity index (χ0n) is 13.3. The van der Waals surface area contributed by atoms with Crippen molar-refractivity contribution in [2.75, 3.05) is 0 Å². The molecule has 6 nitrogen and oxygen atoms in total. The van der Waals surface area contributed by atoms with E-state index >= 15 is 0 Å². The third-order valence-corrected chi connectivity index (χ3v) is 3.81. The molecule has 2 aromatic carbocycles. The van der Waals surface area contributed by atoms with E-state index in [1.54, 1.807) is 31.2 Å². The number of hydrogen-bond donors (Lipinski definition) is 0. The highest BCUT2D eigenvalue weighted by Gasteiger charge is 2.22. The van der Waals surface area contributed by atoms with Crippen molar-refractivity contribution in [3.63, 3.8) is 0 Å². The van der Waals surface area contributed by atoms with Crippen LogP contribution in [0.4, 0.5) is 0 Å². The standard InChI is InChI=1S/C19H12N4O2/c1-12-16(17(23-25-12)14-5-3-2-4-6-14)19-22-21-18(24-19)15-9-7-13(11-20)8-10-15/h2-10H,1H3. The molecule has 0 N–H and O–H groups in total. The van der Waals surface area contributed by atoms with Gasteiger partial charge in [-0.15, -0.1) is 10.2 Å².